The first-order valence-corrected chi connectivity index (χ1v) is 11.3. The molecule has 1 amide bonds. The molecule has 8 heteroatoms. The first kappa shape index (κ1) is 22.5. The summed E-state index contributed by atoms with van der Waals surface area (Å²) in [5.41, 5.74) is 1.87. The maximum atomic E-state index is 13.0. The molecule has 0 radical (unpaired) electrons. The van der Waals surface area contributed by atoms with Crippen LogP contribution in [-0.4, -0.2) is 30.6 Å². The smallest absolute Gasteiger partial charge is 0.342 e. The lowest BCUT2D eigenvalue weighted by molar-refractivity contribution is 0.0599. The van der Waals surface area contributed by atoms with Crippen LogP contribution in [0.4, 0.5) is 5.88 Å². The molecule has 0 saturated heterocycles. The number of ether oxygens (including phenoxy) is 2. The van der Waals surface area contributed by atoms with Gasteiger partial charge in [-0.2, -0.15) is 0 Å². The van der Waals surface area contributed by atoms with Crippen molar-refractivity contribution >= 4 is 39.3 Å². The number of esters is 1. The quantitative estimate of drug-likeness (QED) is 0.341. The number of amides is 1. The Morgan fingerprint density at radius 3 is 2.52 bits per heavy atom. The van der Waals surface area contributed by atoms with Gasteiger partial charge in [0.15, 0.2) is 0 Å². The van der Waals surface area contributed by atoms with E-state index in [0.717, 1.165) is 10.2 Å². The predicted molar refractivity (Wildman–Crippen MR) is 128 cm³/mol. The Hall–Kier alpha value is -3.65. The molecular weight excluding hydrogens is 440 g/mol. The minimum Gasteiger partial charge on any atom is -0.493 e. The number of thiazole rings is 1. The Balaban J connectivity index is 1.67. The molecule has 2 aromatic heterocycles. The number of aryl methyl sites for hydroxylation is 1. The summed E-state index contributed by atoms with van der Waals surface area (Å²) in [4.78, 5) is 30.1. The molecule has 2 heterocycles. The van der Waals surface area contributed by atoms with E-state index >= 15 is 0 Å². The molecule has 1 N–H and O–H groups in total. The molecule has 4 rings (SSSR count). The molecule has 7 nitrogen and oxygen atoms in total. The van der Waals surface area contributed by atoms with Crippen molar-refractivity contribution in [2.24, 2.45) is 5.92 Å². The Labute approximate surface area is 195 Å². The van der Waals surface area contributed by atoms with Gasteiger partial charge in [0.2, 0.25) is 5.88 Å². The van der Waals surface area contributed by atoms with Gasteiger partial charge < -0.3 is 13.9 Å². The third-order valence-corrected chi connectivity index (χ3v) is 5.96. The zero-order chi connectivity index (χ0) is 23.5. The number of methoxy groups -OCH3 is 1. The van der Waals surface area contributed by atoms with Crippen LogP contribution in [0.25, 0.3) is 20.8 Å². The molecule has 0 saturated carbocycles. The van der Waals surface area contributed by atoms with Crippen molar-refractivity contribution in [3.05, 3.63) is 65.4 Å². The number of anilines is 1. The highest BCUT2D eigenvalue weighted by molar-refractivity contribution is 7.21. The van der Waals surface area contributed by atoms with Gasteiger partial charge in [0, 0.05) is 5.56 Å². The van der Waals surface area contributed by atoms with Crippen LogP contribution in [0.15, 0.2) is 52.9 Å². The van der Waals surface area contributed by atoms with Gasteiger partial charge in [0.25, 0.3) is 5.91 Å². The minimum atomic E-state index is -0.558. The van der Waals surface area contributed by atoms with Gasteiger partial charge in [-0.15, -0.1) is 11.3 Å². The van der Waals surface area contributed by atoms with Gasteiger partial charge in [-0.05, 0) is 49.2 Å². The summed E-state index contributed by atoms with van der Waals surface area (Å²) in [6.45, 7) is 6.39. The molecule has 0 aliphatic rings. The van der Waals surface area contributed by atoms with Crippen LogP contribution in [0.1, 0.15) is 40.3 Å². The van der Waals surface area contributed by atoms with Gasteiger partial charge in [-0.3, -0.25) is 10.1 Å². The number of nitrogens with one attached hydrogen (secondary N) is 1. The summed E-state index contributed by atoms with van der Waals surface area (Å²) in [5.74, 6) is 0.647. The van der Waals surface area contributed by atoms with Crippen molar-refractivity contribution in [2.75, 3.05) is 19.0 Å². The van der Waals surface area contributed by atoms with E-state index in [1.54, 1.807) is 31.2 Å². The SMILES string of the molecule is COC(=O)c1c(C)oc(NC(=O)c2ccc(OCC(C)C)cc2)c1-c1nc2ccccc2s1. The van der Waals surface area contributed by atoms with Crippen LogP contribution < -0.4 is 10.1 Å². The first-order valence-electron chi connectivity index (χ1n) is 10.5. The number of hydrogen-bond acceptors (Lipinski definition) is 7. The van der Waals surface area contributed by atoms with Gasteiger partial charge in [0.1, 0.15) is 22.1 Å². The van der Waals surface area contributed by atoms with E-state index in [4.69, 9.17) is 13.9 Å². The lowest BCUT2D eigenvalue weighted by Crippen LogP contribution is -2.12. The average molecular weight is 465 g/mol. The number of para-hydroxylation sites is 1. The number of benzene rings is 2. The molecule has 4 aromatic rings. The van der Waals surface area contributed by atoms with E-state index in [1.807, 2.05) is 24.3 Å². The maximum absolute atomic E-state index is 13.0. The van der Waals surface area contributed by atoms with Crippen LogP contribution in [0.3, 0.4) is 0 Å². The predicted octanol–water partition coefficient (Wildman–Crippen LogP) is 5.94. The normalized spacial score (nSPS) is 11.1. The van der Waals surface area contributed by atoms with Crippen LogP contribution in [0.2, 0.25) is 0 Å². The highest BCUT2D eigenvalue weighted by atomic mass is 32.1. The van der Waals surface area contributed by atoms with Crippen LogP contribution in [0, 0.1) is 12.8 Å². The first-order chi connectivity index (χ1) is 15.9. The summed E-state index contributed by atoms with van der Waals surface area (Å²) in [6.07, 6.45) is 0. The Morgan fingerprint density at radius 2 is 1.85 bits per heavy atom. The maximum Gasteiger partial charge on any atom is 0.342 e. The van der Waals surface area contributed by atoms with E-state index in [0.29, 0.717) is 40.2 Å². The number of rotatable bonds is 7. The summed E-state index contributed by atoms with van der Waals surface area (Å²) >= 11 is 1.41. The Bertz CT molecular complexity index is 1270. The number of hydrogen-bond donors (Lipinski definition) is 1. The largest absolute Gasteiger partial charge is 0.493 e. The van der Waals surface area contributed by atoms with E-state index < -0.39 is 5.97 Å². The molecule has 0 aliphatic carbocycles. The monoisotopic (exact) mass is 464 g/mol. The van der Waals surface area contributed by atoms with Crippen LogP contribution >= 0.6 is 11.3 Å². The third kappa shape index (κ3) is 4.75. The number of aromatic nitrogens is 1. The number of carbonyl (C=O) groups excluding carboxylic acids is 2. The minimum absolute atomic E-state index is 0.150. The number of fused-ring (bicyclic) bond motifs is 1. The van der Waals surface area contributed by atoms with Crippen molar-refractivity contribution in [2.45, 2.75) is 20.8 Å². The second-order valence-corrected chi connectivity index (χ2v) is 8.93. The standard InChI is InChI=1S/C25H24N2O5S/c1-14(2)13-31-17-11-9-16(10-12-17)22(28)27-23-21(20(15(3)32-23)25(29)30-4)24-26-18-7-5-6-8-19(18)33-24/h5-12,14H,13H2,1-4H3,(H,27,28). The molecular formula is C25H24N2O5S. The van der Waals surface area contributed by atoms with E-state index in [-0.39, 0.29) is 17.4 Å². The van der Waals surface area contributed by atoms with Crippen LogP contribution in [-0.2, 0) is 4.74 Å². The Kier molecular flexibility index (Phi) is 6.46. The molecule has 0 atom stereocenters. The molecule has 33 heavy (non-hydrogen) atoms. The molecule has 0 unspecified atom stereocenters. The second-order valence-electron chi connectivity index (χ2n) is 7.90. The number of nitrogens with zero attached hydrogens (tertiary/aromatic N) is 1. The van der Waals surface area contributed by atoms with Gasteiger partial charge in [-0.1, -0.05) is 26.0 Å². The molecule has 0 aliphatic heterocycles. The Morgan fingerprint density at radius 1 is 1.12 bits per heavy atom. The van der Waals surface area contributed by atoms with Gasteiger partial charge in [0.05, 0.1) is 29.5 Å². The summed E-state index contributed by atoms with van der Waals surface area (Å²) in [7, 11) is 1.30. The lowest BCUT2D eigenvalue weighted by atomic mass is 10.1. The fraction of sp³-hybridized carbons (Fsp3) is 0.240. The van der Waals surface area contributed by atoms with Crippen molar-refractivity contribution in [3.63, 3.8) is 0 Å². The number of furan rings is 1. The topological polar surface area (TPSA) is 90.7 Å². The van der Waals surface area contributed by atoms with Crippen molar-refractivity contribution < 1.29 is 23.5 Å². The molecule has 0 fully saturated rings. The fourth-order valence-corrected chi connectivity index (χ4v) is 4.32. The molecule has 170 valence electrons. The third-order valence-electron chi connectivity index (χ3n) is 4.91. The van der Waals surface area contributed by atoms with E-state index in [1.165, 1.54) is 18.4 Å². The zero-order valence-electron chi connectivity index (χ0n) is 18.8. The van der Waals surface area contributed by atoms with Crippen molar-refractivity contribution in [1.29, 1.82) is 0 Å². The molecule has 2 aromatic carbocycles. The average Bonchev–Trinajstić information content (AvgIpc) is 3.37. The molecule has 0 spiro atoms. The summed E-state index contributed by atoms with van der Waals surface area (Å²) in [6, 6.07) is 14.5. The zero-order valence-corrected chi connectivity index (χ0v) is 19.6. The summed E-state index contributed by atoms with van der Waals surface area (Å²) < 4.78 is 17.4. The van der Waals surface area contributed by atoms with Crippen molar-refractivity contribution in [1.82, 2.24) is 4.98 Å². The summed E-state index contributed by atoms with van der Waals surface area (Å²) in [5, 5.41) is 3.35. The van der Waals surface area contributed by atoms with Gasteiger partial charge >= 0.3 is 5.97 Å². The van der Waals surface area contributed by atoms with E-state index in [9.17, 15) is 9.59 Å². The van der Waals surface area contributed by atoms with E-state index in [2.05, 4.69) is 24.1 Å². The molecule has 0 bridgehead atoms. The fourth-order valence-electron chi connectivity index (χ4n) is 3.30. The van der Waals surface area contributed by atoms with Crippen LogP contribution in [0.5, 0.6) is 5.75 Å². The highest BCUT2D eigenvalue weighted by Crippen LogP contribution is 2.40. The second kappa shape index (κ2) is 9.46. The van der Waals surface area contributed by atoms with Crippen molar-refractivity contribution in [3.8, 4) is 16.3 Å². The van der Waals surface area contributed by atoms with Gasteiger partial charge in [-0.25, -0.2) is 9.78 Å². The lowest BCUT2D eigenvalue weighted by Gasteiger charge is -2.09. The number of carbonyl (C=O) groups is 2. The highest BCUT2D eigenvalue weighted by Gasteiger charge is 2.29.